The smallest absolute Gasteiger partial charge is 0.225 e. The van der Waals surface area contributed by atoms with Crippen molar-refractivity contribution in [2.45, 2.75) is 82.7 Å². The summed E-state index contributed by atoms with van der Waals surface area (Å²) in [5.41, 5.74) is 6.21. The van der Waals surface area contributed by atoms with Crippen molar-refractivity contribution in [1.29, 1.82) is 0 Å². The van der Waals surface area contributed by atoms with Gasteiger partial charge in [0.1, 0.15) is 0 Å². The second-order valence-corrected chi connectivity index (χ2v) is 9.38. The summed E-state index contributed by atoms with van der Waals surface area (Å²) in [7, 11) is 0. The molecule has 146 valence electrons. The molecule has 0 bridgehead atoms. The fourth-order valence-electron chi connectivity index (χ4n) is 5.99. The molecule has 0 spiro atoms. The van der Waals surface area contributed by atoms with Gasteiger partial charge in [-0.25, -0.2) is 0 Å². The number of rotatable bonds is 4. The summed E-state index contributed by atoms with van der Waals surface area (Å²) in [5, 5.41) is 3.23. The lowest BCUT2D eigenvalue weighted by atomic mass is 9.85. The van der Waals surface area contributed by atoms with Gasteiger partial charge in [0.25, 0.3) is 0 Å². The first-order valence-corrected chi connectivity index (χ1v) is 10.9. The molecule has 3 saturated carbocycles. The summed E-state index contributed by atoms with van der Waals surface area (Å²) in [6.07, 6.45) is 11.8. The van der Waals surface area contributed by atoms with Gasteiger partial charge in [-0.15, -0.1) is 0 Å². The summed E-state index contributed by atoms with van der Waals surface area (Å²) in [4.78, 5) is 27.2. The van der Waals surface area contributed by atoms with Crippen molar-refractivity contribution in [3.05, 3.63) is 0 Å². The molecule has 0 radical (unpaired) electrons. The normalized spacial score (nSPS) is 37.7. The van der Waals surface area contributed by atoms with Crippen molar-refractivity contribution in [2.24, 2.45) is 29.4 Å². The number of nitrogens with one attached hydrogen (secondary N) is 1. The Kier molecular flexibility index (Phi) is 5.53. The Hall–Kier alpha value is -1.10. The molecule has 26 heavy (non-hydrogen) atoms. The third-order valence-corrected chi connectivity index (χ3v) is 7.61. The molecule has 0 aromatic rings. The molecule has 3 aliphatic carbocycles. The first-order valence-electron chi connectivity index (χ1n) is 10.9. The monoisotopic (exact) mass is 361 g/mol. The van der Waals surface area contributed by atoms with E-state index in [-0.39, 0.29) is 17.9 Å². The third kappa shape index (κ3) is 3.92. The largest absolute Gasteiger partial charge is 0.353 e. The Morgan fingerprint density at radius 2 is 1.65 bits per heavy atom. The third-order valence-electron chi connectivity index (χ3n) is 7.61. The lowest BCUT2D eigenvalue weighted by Crippen LogP contribution is -2.42. The zero-order valence-electron chi connectivity index (χ0n) is 16.0. The van der Waals surface area contributed by atoms with E-state index in [0.717, 1.165) is 45.2 Å². The summed E-state index contributed by atoms with van der Waals surface area (Å²) in [5.74, 6) is 2.52. The molecule has 0 aromatic carbocycles. The molecular formula is C21H35N3O2. The van der Waals surface area contributed by atoms with E-state index >= 15 is 0 Å². The van der Waals surface area contributed by atoms with Gasteiger partial charge in [-0.3, -0.25) is 9.59 Å². The van der Waals surface area contributed by atoms with E-state index in [1.54, 1.807) is 0 Å². The Morgan fingerprint density at radius 3 is 2.35 bits per heavy atom. The highest BCUT2D eigenvalue weighted by molar-refractivity contribution is 5.79. The Balaban J connectivity index is 1.20. The number of hydrogen-bond acceptors (Lipinski definition) is 3. The number of amides is 2. The molecule has 0 aromatic heterocycles. The molecule has 5 nitrogen and oxygen atoms in total. The van der Waals surface area contributed by atoms with E-state index in [9.17, 15) is 9.59 Å². The van der Waals surface area contributed by atoms with Crippen molar-refractivity contribution in [2.75, 3.05) is 13.1 Å². The minimum atomic E-state index is 0.160. The molecule has 3 N–H and O–H groups in total. The number of carbonyl (C=O) groups excluding carboxylic acids is 2. The number of fused-ring (bicyclic) bond motifs is 1. The van der Waals surface area contributed by atoms with Crippen LogP contribution in [0.15, 0.2) is 0 Å². The van der Waals surface area contributed by atoms with E-state index in [1.807, 2.05) is 0 Å². The maximum Gasteiger partial charge on any atom is 0.225 e. The molecule has 4 rings (SSSR count). The van der Waals surface area contributed by atoms with Gasteiger partial charge in [0.2, 0.25) is 11.8 Å². The number of carbonyl (C=O) groups is 2. The zero-order chi connectivity index (χ0) is 18.1. The van der Waals surface area contributed by atoms with Crippen LogP contribution in [0.2, 0.25) is 0 Å². The second kappa shape index (κ2) is 7.87. The van der Waals surface area contributed by atoms with Crippen LogP contribution < -0.4 is 11.1 Å². The second-order valence-electron chi connectivity index (χ2n) is 9.38. The molecular weight excluding hydrogens is 326 g/mol. The van der Waals surface area contributed by atoms with E-state index in [2.05, 4.69) is 10.2 Å². The van der Waals surface area contributed by atoms with Gasteiger partial charge in [-0.2, -0.15) is 0 Å². The molecule has 2 amide bonds. The fraction of sp³-hybridized carbons (Fsp3) is 0.905. The fourth-order valence-corrected chi connectivity index (χ4v) is 5.99. The van der Waals surface area contributed by atoms with Crippen LogP contribution in [-0.4, -0.2) is 41.9 Å². The Labute approximate surface area is 157 Å². The van der Waals surface area contributed by atoms with Gasteiger partial charge in [-0.1, -0.05) is 12.8 Å². The van der Waals surface area contributed by atoms with E-state index in [4.69, 9.17) is 5.73 Å². The van der Waals surface area contributed by atoms with Crippen molar-refractivity contribution in [3.63, 3.8) is 0 Å². The van der Waals surface area contributed by atoms with Crippen LogP contribution >= 0.6 is 0 Å². The van der Waals surface area contributed by atoms with Gasteiger partial charge in [0, 0.05) is 37.5 Å². The quantitative estimate of drug-likeness (QED) is 0.807. The predicted molar refractivity (Wildman–Crippen MR) is 101 cm³/mol. The summed E-state index contributed by atoms with van der Waals surface area (Å²) < 4.78 is 0. The maximum absolute atomic E-state index is 12.9. The van der Waals surface area contributed by atoms with Gasteiger partial charge in [0.05, 0.1) is 0 Å². The summed E-state index contributed by atoms with van der Waals surface area (Å²) in [6.45, 7) is 1.80. The highest BCUT2D eigenvalue weighted by Gasteiger charge is 2.43. The lowest BCUT2D eigenvalue weighted by Gasteiger charge is -2.31. The van der Waals surface area contributed by atoms with Crippen LogP contribution in [0.1, 0.15) is 70.6 Å². The van der Waals surface area contributed by atoms with Gasteiger partial charge >= 0.3 is 0 Å². The molecule has 1 heterocycles. The Bertz CT molecular complexity index is 523. The molecule has 5 heteroatoms. The lowest BCUT2D eigenvalue weighted by molar-refractivity contribution is -0.136. The van der Waals surface area contributed by atoms with Crippen LogP contribution in [-0.2, 0) is 9.59 Å². The van der Waals surface area contributed by atoms with E-state index in [0.29, 0.717) is 36.1 Å². The molecule has 4 fully saturated rings. The van der Waals surface area contributed by atoms with Crippen LogP contribution in [0, 0.1) is 23.7 Å². The van der Waals surface area contributed by atoms with Gasteiger partial charge < -0.3 is 16.0 Å². The average Bonchev–Trinajstić information content (AvgIpc) is 3.35. The van der Waals surface area contributed by atoms with Gasteiger partial charge in [-0.05, 0) is 69.1 Å². The minimum Gasteiger partial charge on any atom is -0.353 e. The number of hydrogen-bond donors (Lipinski definition) is 2. The standard InChI is InChI=1S/C21H35N3O2/c22-19-10-7-16-12-24(13-18(16)19)21(26)15-5-8-17(9-6-15)23-20(25)11-14-3-1-2-4-14/h14-19H,1-13,22H2,(H,23,25). The number of nitrogens with zero attached hydrogens (tertiary/aromatic N) is 1. The molecule has 1 aliphatic heterocycles. The summed E-state index contributed by atoms with van der Waals surface area (Å²) >= 11 is 0. The van der Waals surface area contributed by atoms with Crippen LogP contribution in [0.3, 0.4) is 0 Å². The number of likely N-dealkylation sites (tertiary alicyclic amines) is 1. The van der Waals surface area contributed by atoms with E-state index < -0.39 is 0 Å². The molecule has 3 unspecified atom stereocenters. The van der Waals surface area contributed by atoms with E-state index in [1.165, 1.54) is 32.1 Å². The van der Waals surface area contributed by atoms with Crippen LogP contribution in [0.4, 0.5) is 0 Å². The predicted octanol–water partition coefficient (Wildman–Crippen LogP) is 2.44. The van der Waals surface area contributed by atoms with Crippen LogP contribution in [0.5, 0.6) is 0 Å². The average molecular weight is 362 g/mol. The van der Waals surface area contributed by atoms with Crippen molar-refractivity contribution >= 4 is 11.8 Å². The van der Waals surface area contributed by atoms with Crippen LogP contribution in [0.25, 0.3) is 0 Å². The zero-order valence-corrected chi connectivity index (χ0v) is 16.0. The van der Waals surface area contributed by atoms with Gasteiger partial charge in [0.15, 0.2) is 0 Å². The molecule has 4 aliphatic rings. The Morgan fingerprint density at radius 1 is 0.923 bits per heavy atom. The molecule has 3 atom stereocenters. The first-order chi connectivity index (χ1) is 12.6. The highest BCUT2D eigenvalue weighted by Crippen LogP contribution is 2.38. The van der Waals surface area contributed by atoms with Crippen molar-refractivity contribution in [3.8, 4) is 0 Å². The minimum absolute atomic E-state index is 0.160. The highest BCUT2D eigenvalue weighted by atomic mass is 16.2. The summed E-state index contributed by atoms with van der Waals surface area (Å²) in [6, 6.07) is 0.572. The molecule has 1 saturated heterocycles. The van der Waals surface area contributed by atoms with Crippen molar-refractivity contribution in [1.82, 2.24) is 10.2 Å². The topological polar surface area (TPSA) is 75.4 Å². The first kappa shape index (κ1) is 18.3. The van der Waals surface area contributed by atoms with Crippen molar-refractivity contribution < 1.29 is 9.59 Å². The maximum atomic E-state index is 12.9. The number of nitrogens with two attached hydrogens (primary N) is 1. The SMILES string of the molecule is NC1CCC2CN(C(=O)C3CCC(NC(=O)CC4CCCC4)CC3)CC12.